The van der Waals surface area contributed by atoms with E-state index in [9.17, 15) is 0 Å². The average Bonchev–Trinajstić information content (AvgIpc) is 3.10. The van der Waals surface area contributed by atoms with Crippen molar-refractivity contribution in [3.63, 3.8) is 0 Å². The Labute approximate surface area is 197 Å². The van der Waals surface area contributed by atoms with Crippen molar-refractivity contribution in [1.82, 2.24) is 9.55 Å². The third-order valence-corrected chi connectivity index (χ3v) is 6.73. The maximum absolute atomic E-state index is 6.58. The van der Waals surface area contributed by atoms with Crippen molar-refractivity contribution < 1.29 is 9.47 Å². The summed E-state index contributed by atoms with van der Waals surface area (Å²) in [5.74, 6) is 0.956. The number of aryl methyl sites for hydroxylation is 1. The highest BCUT2D eigenvalue weighted by Crippen LogP contribution is 2.43. The van der Waals surface area contributed by atoms with Gasteiger partial charge in [0.2, 0.25) is 0 Å². The monoisotopic (exact) mass is 481 g/mol. The van der Waals surface area contributed by atoms with Crippen molar-refractivity contribution in [3.8, 4) is 11.8 Å². The third kappa shape index (κ3) is 4.34. The quantitative estimate of drug-likeness (QED) is 0.377. The highest BCUT2D eigenvalue weighted by molar-refractivity contribution is 6.36. The average molecular weight is 483 g/mol. The van der Waals surface area contributed by atoms with Crippen LogP contribution in [0.5, 0.6) is 11.8 Å². The maximum Gasteiger partial charge on any atom is 0.302 e. The second kappa shape index (κ2) is 9.45. The molecule has 0 N–H and O–H groups in total. The van der Waals surface area contributed by atoms with Gasteiger partial charge in [0.15, 0.2) is 5.75 Å². The van der Waals surface area contributed by atoms with E-state index in [0.717, 1.165) is 42.7 Å². The van der Waals surface area contributed by atoms with Crippen molar-refractivity contribution in [3.05, 3.63) is 44.9 Å². The van der Waals surface area contributed by atoms with Gasteiger partial charge in [-0.2, -0.15) is 4.98 Å². The van der Waals surface area contributed by atoms with Crippen LogP contribution in [0.2, 0.25) is 15.1 Å². The molecule has 0 bridgehead atoms. The molecule has 2 heterocycles. The number of hydrogen-bond donors (Lipinski definition) is 0. The standard InChI is InChI=1S/C23H26Cl3N3O2/c1-4-14(5-2)16-6-7-17(25)20-21(16)28(3)23(27-20)31-22-18(26)12-15(24)13-19(22)29-8-10-30-11-9-29/h6-7,12-14H,4-5,8-11H2,1-3H3. The van der Waals surface area contributed by atoms with E-state index in [1.807, 2.05) is 23.7 Å². The zero-order chi connectivity index (χ0) is 22.1. The molecule has 166 valence electrons. The maximum atomic E-state index is 6.58. The van der Waals surface area contributed by atoms with Crippen LogP contribution in [-0.2, 0) is 11.8 Å². The Morgan fingerprint density at radius 1 is 1.06 bits per heavy atom. The Kier molecular flexibility index (Phi) is 6.87. The van der Waals surface area contributed by atoms with Crippen LogP contribution in [-0.4, -0.2) is 35.9 Å². The van der Waals surface area contributed by atoms with Crippen LogP contribution in [0.4, 0.5) is 5.69 Å². The molecule has 0 unspecified atom stereocenters. The van der Waals surface area contributed by atoms with Crippen molar-refractivity contribution >= 4 is 51.5 Å². The van der Waals surface area contributed by atoms with Gasteiger partial charge in [-0.25, -0.2) is 0 Å². The molecule has 4 rings (SSSR count). The number of anilines is 1. The molecule has 8 heteroatoms. The van der Waals surface area contributed by atoms with Crippen LogP contribution < -0.4 is 9.64 Å². The zero-order valence-electron chi connectivity index (χ0n) is 17.9. The number of benzene rings is 2. The summed E-state index contributed by atoms with van der Waals surface area (Å²) in [5, 5.41) is 1.60. The molecular weight excluding hydrogens is 457 g/mol. The Morgan fingerprint density at radius 2 is 1.77 bits per heavy atom. The van der Waals surface area contributed by atoms with Gasteiger partial charge in [-0.05, 0) is 42.5 Å². The van der Waals surface area contributed by atoms with Gasteiger partial charge in [-0.3, -0.25) is 4.57 Å². The summed E-state index contributed by atoms with van der Waals surface area (Å²) in [5.41, 5.74) is 3.79. The van der Waals surface area contributed by atoms with Crippen LogP contribution in [0.25, 0.3) is 11.0 Å². The van der Waals surface area contributed by atoms with Crippen molar-refractivity contribution in [2.24, 2.45) is 7.05 Å². The first kappa shape index (κ1) is 22.5. The van der Waals surface area contributed by atoms with Crippen molar-refractivity contribution in [1.29, 1.82) is 0 Å². The number of imidazole rings is 1. The van der Waals surface area contributed by atoms with Gasteiger partial charge in [0.1, 0.15) is 5.52 Å². The lowest BCUT2D eigenvalue weighted by molar-refractivity contribution is 0.122. The fraction of sp³-hybridized carbons (Fsp3) is 0.435. The molecule has 0 radical (unpaired) electrons. The molecule has 0 atom stereocenters. The second-order valence-electron chi connectivity index (χ2n) is 7.74. The van der Waals surface area contributed by atoms with E-state index in [0.29, 0.717) is 46.0 Å². The molecule has 5 nitrogen and oxygen atoms in total. The highest BCUT2D eigenvalue weighted by atomic mass is 35.5. The lowest BCUT2D eigenvalue weighted by Gasteiger charge is -2.30. The summed E-state index contributed by atoms with van der Waals surface area (Å²) < 4.78 is 13.8. The zero-order valence-corrected chi connectivity index (χ0v) is 20.2. The molecule has 1 aliphatic heterocycles. The van der Waals surface area contributed by atoms with E-state index >= 15 is 0 Å². The van der Waals surface area contributed by atoms with Crippen molar-refractivity contribution in [2.45, 2.75) is 32.6 Å². The van der Waals surface area contributed by atoms with E-state index in [1.54, 1.807) is 6.07 Å². The fourth-order valence-corrected chi connectivity index (χ4v) is 4.94. The topological polar surface area (TPSA) is 39.5 Å². The van der Waals surface area contributed by atoms with Crippen LogP contribution in [0.1, 0.15) is 38.2 Å². The predicted molar refractivity (Wildman–Crippen MR) is 129 cm³/mol. The first-order valence-corrected chi connectivity index (χ1v) is 11.7. The highest BCUT2D eigenvalue weighted by Gasteiger charge is 2.24. The summed E-state index contributed by atoms with van der Waals surface area (Å²) >= 11 is 19.4. The van der Waals surface area contributed by atoms with Crippen LogP contribution >= 0.6 is 34.8 Å². The number of hydrogen-bond acceptors (Lipinski definition) is 4. The van der Waals surface area contributed by atoms with E-state index < -0.39 is 0 Å². The molecule has 31 heavy (non-hydrogen) atoms. The summed E-state index contributed by atoms with van der Waals surface area (Å²) in [6.45, 7) is 7.16. The van der Waals surface area contributed by atoms with E-state index in [-0.39, 0.29) is 0 Å². The van der Waals surface area contributed by atoms with Gasteiger partial charge in [-0.15, -0.1) is 0 Å². The molecule has 1 fully saturated rings. The van der Waals surface area contributed by atoms with Crippen molar-refractivity contribution in [2.75, 3.05) is 31.2 Å². The first-order chi connectivity index (χ1) is 14.9. The second-order valence-corrected chi connectivity index (χ2v) is 8.99. The van der Waals surface area contributed by atoms with Gasteiger partial charge in [0.25, 0.3) is 0 Å². The molecule has 0 saturated carbocycles. The molecular formula is C23H26Cl3N3O2. The molecule has 1 aromatic heterocycles. The number of morpholine rings is 1. The number of fused-ring (bicyclic) bond motifs is 1. The lowest BCUT2D eigenvalue weighted by atomic mass is 9.93. The SMILES string of the molecule is CCC(CC)c1ccc(Cl)c2nc(Oc3c(Cl)cc(Cl)cc3N3CCOCC3)n(C)c12. The molecule has 2 aromatic carbocycles. The van der Waals surface area contributed by atoms with E-state index in [1.165, 1.54) is 5.56 Å². The summed E-state index contributed by atoms with van der Waals surface area (Å²) in [4.78, 5) is 6.91. The van der Waals surface area contributed by atoms with Gasteiger partial charge in [0.05, 0.1) is 34.5 Å². The van der Waals surface area contributed by atoms with Gasteiger partial charge < -0.3 is 14.4 Å². The summed E-state index contributed by atoms with van der Waals surface area (Å²) in [6, 6.07) is 8.02. The number of halogens is 3. The number of nitrogens with zero attached hydrogens (tertiary/aromatic N) is 3. The largest absolute Gasteiger partial charge is 0.422 e. The third-order valence-electron chi connectivity index (χ3n) is 5.92. The van der Waals surface area contributed by atoms with E-state index in [2.05, 4.69) is 24.8 Å². The van der Waals surface area contributed by atoms with E-state index in [4.69, 9.17) is 49.3 Å². The smallest absolute Gasteiger partial charge is 0.302 e. The summed E-state index contributed by atoms with van der Waals surface area (Å²) in [7, 11) is 1.95. The van der Waals surface area contributed by atoms with Gasteiger partial charge in [-0.1, -0.05) is 54.7 Å². The molecule has 0 spiro atoms. The first-order valence-electron chi connectivity index (χ1n) is 10.6. The predicted octanol–water partition coefficient (Wildman–Crippen LogP) is 7.07. The number of rotatable bonds is 6. The Morgan fingerprint density at radius 3 is 2.45 bits per heavy atom. The number of aromatic nitrogens is 2. The lowest BCUT2D eigenvalue weighted by Crippen LogP contribution is -2.36. The molecule has 1 aliphatic rings. The fourth-order valence-electron chi connectivity index (χ4n) is 4.22. The normalized spacial score (nSPS) is 14.6. The Bertz CT molecular complexity index is 1090. The Hall–Kier alpha value is -1.66. The molecule has 3 aromatic rings. The summed E-state index contributed by atoms with van der Waals surface area (Å²) in [6.07, 6.45) is 2.08. The molecule has 0 amide bonds. The minimum atomic E-state index is 0.422. The van der Waals surface area contributed by atoms with Gasteiger partial charge in [0, 0.05) is 25.2 Å². The minimum Gasteiger partial charge on any atom is -0.422 e. The van der Waals surface area contributed by atoms with Crippen LogP contribution in [0, 0.1) is 0 Å². The Balaban J connectivity index is 1.82. The van der Waals surface area contributed by atoms with Gasteiger partial charge >= 0.3 is 6.01 Å². The van der Waals surface area contributed by atoms with Crippen LogP contribution in [0.15, 0.2) is 24.3 Å². The molecule has 0 aliphatic carbocycles. The molecule has 1 saturated heterocycles. The minimum absolute atomic E-state index is 0.422. The number of ether oxygens (including phenoxy) is 2. The van der Waals surface area contributed by atoms with Crippen LogP contribution in [0.3, 0.4) is 0 Å².